The highest BCUT2D eigenvalue weighted by atomic mass is 32.2. The summed E-state index contributed by atoms with van der Waals surface area (Å²) >= 11 is 1.27. The van der Waals surface area contributed by atoms with Crippen LogP contribution in [0.5, 0.6) is 0 Å². The van der Waals surface area contributed by atoms with Gasteiger partial charge in [0.1, 0.15) is 6.33 Å². The van der Waals surface area contributed by atoms with E-state index >= 15 is 0 Å². The normalized spacial score (nSPS) is 10.9. The maximum atomic E-state index is 12.2. The predicted octanol–water partition coefficient (Wildman–Crippen LogP) is 3.05. The quantitative estimate of drug-likeness (QED) is 0.351. The van der Waals surface area contributed by atoms with Crippen molar-refractivity contribution in [1.82, 2.24) is 14.8 Å². The van der Waals surface area contributed by atoms with Crippen LogP contribution in [0.4, 0.5) is 5.69 Å². The van der Waals surface area contributed by atoms with E-state index in [4.69, 9.17) is 0 Å². The number of thioether (sulfide) groups is 1. The summed E-state index contributed by atoms with van der Waals surface area (Å²) in [7, 11) is 0. The van der Waals surface area contributed by atoms with Crippen molar-refractivity contribution in [1.29, 1.82) is 0 Å². The Labute approximate surface area is 131 Å². The van der Waals surface area contributed by atoms with Crippen LogP contribution in [-0.4, -0.2) is 31.2 Å². The van der Waals surface area contributed by atoms with E-state index in [0.717, 1.165) is 0 Å². The molecule has 1 heterocycles. The first-order valence-electron chi connectivity index (χ1n) is 6.70. The number of benzene rings is 1. The van der Waals surface area contributed by atoms with Crippen LogP contribution in [0.15, 0.2) is 29.7 Å². The summed E-state index contributed by atoms with van der Waals surface area (Å²) in [5.74, 6) is -0.0163. The minimum atomic E-state index is -0.478. The van der Waals surface area contributed by atoms with Crippen LogP contribution in [0.2, 0.25) is 0 Å². The average Bonchev–Trinajstić information content (AvgIpc) is 2.93. The molecule has 0 radical (unpaired) electrons. The van der Waals surface area contributed by atoms with Gasteiger partial charge in [0, 0.05) is 23.2 Å². The minimum Gasteiger partial charge on any atom is -0.306 e. The van der Waals surface area contributed by atoms with Crippen molar-refractivity contribution in [3.8, 4) is 0 Å². The van der Waals surface area contributed by atoms with Gasteiger partial charge in [-0.2, -0.15) is 0 Å². The molecular weight excluding hydrogens is 304 g/mol. The summed E-state index contributed by atoms with van der Waals surface area (Å²) < 4.78 is 1.87. The van der Waals surface area contributed by atoms with Crippen LogP contribution in [0.25, 0.3) is 0 Å². The third-order valence-electron chi connectivity index (χ3n) is 3.16. The third-order valence-corrected chi connectivity index (χ3v) is 4.11. The summed E-state index contributed by atoms with van der Waals surface area (Å²) in [5, 5.41) is 19.4. The van der Waals surface area contributed by atoms with Gasteiger partial charge in [-0.25, -0.2) is 0 Å². The zero-order valence-electron chi connectivity index (χ0n) is 12.5. The Hall–Kier alpha value is -2.22. The molecule has 7 nitrogen and oxygen atoms in total. The number of hydrogen-bond acceptors (Lipinski definition) is 6. The van der Waals surface area contributed by atoms with Crippen LogP contribution >= 0.6 is 11.8 Å². The average molecular weight is 320 g/mol. The number of ketones is 1. The standard InChI is InChI=1S/C14H16N4O3S/c1-9(2)17-8-15-16-14(17)22-7-13(19)11-5-4-10(3)12(6-11)18(20)21/h4-6,8-9H,7H2,1-3H3. The molecule has 1 aromatic heterocycles. The maximum absolute atomic E-state index is 12.2. The highest BCUT2D eigenvalue weighted by molar-refractivity contribution is 7.99. The summed E-state index contributed by atoms with van der Waals surface area (Å²) in [6.45, 7) is 5.64. The SMILES string of the molecule is Cc1ccc(C(=O)CSc2nncn2C(C)C)cc1[N+](=O)[O-]. The van der Waals surface area contributed by atoms with Crippen molar-refractivity contribution in [2.24, 2.45) is 0 Å². The largest absolute Gasteiger partial charge is 0.306 e. The fraction of sp³-hybridized carbons (Fsp3) is 0.357. The van der Waals surface area contributed by atoms with Gasteiger partial charge in [-0.1, -0.05) is 23.9 Å². The number of rotatable bonds is 6. The molecule has 116 valence electrons. The molecular formula is C14H16N4O3S. The van der Waals surface area contributed by atoms with Crippen molar-refractivity contribution in [3.63, 3.8) is 0 Å². The van der Waals surface area contributed by atoms with Crippen molar-refractivity contribution >= 4 is 23.2 Å². The van der Waals surface area contributed by atoms with Crippen LogP contribution in [0.1, 0.15) is 35.8 Å². The van der Waals surface area contributed by atoms with Crippen LogP contribution in [0.3, 0.4) is 0 Å². The predicted molar refractivity (Wildman–Crippen MR) is 83.3 cm³/mol. The molecule has 22 heavy (non-hydrogen) atoms. The van der Waals surface area contributed by atoms with E-state index in [1.165, 1.54) is 17.8 Å². The van der Waals surface area contributed by atoms with Crippen molar-refractivity contribution in [2.75, 3.05) is 5.75 Å². The number of nitro groups is 1. The van der Waals surface area contributed by atoms with Gasteiger partial charge in [0.05, 0.1) is 10.7 Å². The lowest BCUT2D eigenvalue weighted by atomic mass is 10.1. The molecule has 2 rings (SSSR count). The molecule has 0 saturated carbocycles. The zero-order valence-corrected chi connectivity index (χ0v) is 13.3. The molecule has 2 aromatic rings. The van der Waals surface area contributed by atoms with Crippen LogP contribution in [-0.2, 0) is 0 Å². The summed E-state index contributed by atoms with van der Waals surface area (Å²) in [6.07, 6.45) is 1.62. The minimum absolute atomic E-state index is 0.0406. The fourth-order valence-electron chi connectivity index (χ4n) is 1.88. The van der Waals surface area contributed by atoms with Crippen molar-refractivity contribution in [3.05, 3.63) is 45.8 Å². The molecule has 0 N–H and O–H groups in total. The zero-order chi connectivity index (χ0) is 16.3. The van der Waals surface area contributed by atoms with E-state index in [-0.39, 0.29) is 23.3 Å². The molecule has 0 aliphatic heterocycles. The van der Waals surface area contributed by atoms with Gasteiger partial charge >= 0.3 is 0 Å². The smallest absolute Gasteiger partial charge is 0.273 e. The molecule has 8 heteroatoms. The van der Waals surface area contributed by atoms with Crippen molar-refractivity contribution < 1.29 is 9.72 Å². The lowest BCUT2D eigenvalue weighted by Crippen LogP contribution is -2.06. The first kappa shape index (κ1) is 16.2. The molecule has 0 aliphatic rings. The Morgan fingerprint density at radius 3 is 2.82 bits per heavy atom. The monoisotopic (exact) mass is 320 g/mol. The highest BCUT2D eigenvalue weighted by Gasteiger charge is 2.16. The summed E-state index contributed by atoms with van der Waals surface area (Å²) in [6, 6.07) is 4.73. The molecule has 0 bridgehead atoms. The Kier molecular flexibility index (Phi) is 4.92. The molecule has 1 aromatic carbocycles. The number of aromatic nitrogens is 3. The van der Waals surface area contributed by atoms with Gasteiger partial charge in [-0.3, -0.25) is 14.9 Å². The Balaban J connectivity index is 2.11. The van der Waals surface area contributed by atoms with Crippen LogP contribution in [0, 0.1) is 17.0 Å². The Morgan fingerprint density at radius 2 is 2.18 bits per heavy atom. The topological polar surface area (TPSA) is 90.9 Å². The molecule has 0 atom stereocenters. The molecule has 0 unspecified atom stereocenters. The lowest BCUT2D eigenvalue weighted by molar-refractivity contribution is -0.385. The van der Waals surface area contributed by atoms with E-state index < -0.39 is 4.92 Å². The van der Waals surface area contributed by atoms with Gasteiger partial charge in [0.2, 0.25) is 0 Å². The fourth-order valence-corrected chi connectivity index (χ4v) is 2.82. The Bertz CT molecular complexity index is 712. The van der Waals surface area contributed by atoms with E-state index in [0.29, 0.717) is 16.3 Å². The summed E-state index contributed by atoms with van der Waals surface area (Å²) in [5.41, 5.74) is 0.829. The summed E-state index contributed by atoms with van der Waals surface area (Å²) in [4.78, 5) is 22.7. The molecule has 0 saturated heterocycles. The molecule has 0 aliphatic carbocycles. The highest BCUT2D eigenvalue weighted by Crippen LogP contribution is 2.23. The molecule has 0 spiro atoms. The molecule has 0 fully saturated rings. The number of nitro benzene ring substituents is 1. The number of aryl methyl sites for hydroxylation is 1. The second-order valence-electron chi connectivity index (χ2n) is 5.08. The van der Waals surface area contributed by atoms with E-state index in [2.05, 4.69) is 10.2 Å². The van der Waals surface area contributed by atoms with Gasteiger partial charge in [-0.15, -0.1) is 10.2 Å². The van der Waals surface area contributed by atoms with Gasteiger partial charge in [0.15, 0.2) is 10.9 Å². The second kappa shape index (κ2) is 6.69. The Morgan fingerprint density at radius 1 is 1.45 bits per heavy atom. The first-order chi connectivity index (χ1) is 10.4. The maximum Gasteiger partial charge on any atom is 0.273 e. The number of nitrogens with zero attached hydrogens (tertiary/aromatic N) is 4. The number of Topliss-reactive ketones (excluding diaryl/α,β-unsaturated/α-hetero) is 1. The van der Waals surface area contributed by atoms with E-state index in [1.807, 2.05) is 18.4 Å². The second-order valence-corrected chi connectivity index (χ2v) is 6.03. The van der Waals surface area contributed by atoms with Gasteiger partial charge in [0.25, 0.3) is 5.69 Å². The molecule has 0 amide bonds. The van der Waals surface area contributed by atoms with E-state index in [1.54, 1.807) is 25.4 Å². The first-order valence-corrected chi connectivity index (χ1v) is 7.69. The van der Waals surface area contributed by atoms with Gasteiger partial charge in [-0.05, 0) is 20.8 Å². The van der Waals surface area contributed by atoms with Crippen molar-refractivity contribution in [2.45, 2.75) is 32.0 Å². The lowest BCUT2D eigenvalue weighted by Gasteiger charge is -2.09. The van der Waals surface area contributed by atoms with Crippen LogP contribution < -0.4 is 0 Å². The number of hydrogen-bond donors (Lipinski definition) is 0. The number of carbonyl (C=O) groups excluding carboxylic acids is 1. The number of carbonyl (C=O) groups is 1. The third kappa shape index (κ3) is 3.51. The van der Waals surface area contributed by atoms with Gasteiger partial charge < -0.3 is 4.57 Å². The van der Waals surface area contributed by atoms with E-state index in [9.17, 15) is 14.9 Å².